The van der Waals surface area contributed by atoms with Gasteiger partial charge in [0.05, 0.1) is 29.5 Å². The molecule has 9 heavy (non-hydrogen) atoms. The second-order valence-corrected chi connectivity index (χ2v) is 3.71. The molecule has 1 aliphatic rings. The van der Waals surface area contributed by atoms with Crippen LogP contribution in [0.5, 0.6) is 0 Å². The van der Waals surface area contributed by atoms with Crippen LogP contribution in [0.25, 0.3) is 0 Å². The fourth-order valence-electron chi connectivity index (χ4n) is 0.762. The summed E-state index contributed by atoms with van der Waals surface area (Å²) in [4.78, 5) is 0. The summed E-state index contributed by atoms with van der Waals surface area (Å²) in [6.07, 6.45) is 2.14. The van der Waals surface area contributed by atoms with E-state index in [1.165, 1.54) is 5.70 Å². The lowest BCUT2D eigenvalue weighted by atomic mass is 10.2. The Morgan fingerprint density at radius 2 is 2.44 bits per heavy atom. The highest BCUT2D eigenvalue weighted by Crippen LogP contribution is 2.14. The molecule has 0 spiro atoms. The average Bonchev–Trinajstić information content (AvgIpc) is 2.14. The molecule has 0 radical (unpaired) electrons. The van der Waals surface area contributed by atoms with Crippen molar-refractivity contribution in [3.63, 3.8) is 0 Å². The maximum absolute atomic E-state index is 3.29. The molecule has 0 fully saturated rings. The minimum Gasteiger partial charge on any atom is -0.369 e. The molecule has 0 aromatic carbocycles. The Hall–Kier alpha value is 0.0700. The van der Waals surface area contributed by atoms with Crippen LogP contribution in [0.2, 0.25) is 0 Å². The zero-order valence-corrected chi connectivity index (χ0v) is 7.84. The van der Waals surface area contributed by atoms with Gasteiger partial charge in [-0.25, -0.2) is 0 Å². The van der Waals surface area contributed by atoms with Crippen molar-refractivity contribution in [1.82, 2.24) is 8.43 Å². The summed E-state index contributed by atoms with van der Waals surface area (Å²) >= 11 is 2.27. The fourth-order valence-corrected chi connectivity index (χ4v) is 1.23. The number of hydrogen-bond donors (Lipinski definition) is 1. The van der Waals surface area contributed by atoms with Crippen molar-refractivity contribution in [3.8, 4) is 0 Å². The highest BCUT2D eigenvalue weighted by Gasteiger charge is 2.10. The van der Waals surface area contributed by atoms with Gasteiger partial charge in [-0.2, -0.15) is 0 Å². The first kappa shape index (κ1) is 7.18. The summed E-state index contributed by atoms with van der Waals surface area (Å²) in [5.74, 6) is 0.629. The Kier molecular flexibility index (Phi) is 2.21. The third-order valence-electron chi connectivity index (χ3n) is 1.34. The summed E-state index contributed by atoms with van der Waals surface area (Å²) in [6.45, 7) is 5.33. The molecule has 0 aromatic heterocycles. The molecule has 0 saturated heterocycles. The Balaban J connectivity index is 2.52. The molecule has 0 aromatic rings. The van der Waals surface area contributed by atoms with Gasteiger partial charge >= 0.3 is 0 Å². The molecule has 0 aliphatic carbocycles. The lowest BCUT2D eigenvalue weighted by Gasteiger charge is -2.04. The van der Waals surface area contributed by atoms with Crippen LogP contribution < -0.4 is 5.32 Å². The molecule has 1 rings (SSSR count). The largest absolute Gasteiger partial charge is 0.369 e. The molecule has 3 heteroatoms. The van der Waals surface area contributed by atoms with Crippen LogP contribution in [0, 0.1) is 5.92 Å². The van der Waals surface area contributed by atoms with E-state index in [4.69, 9.17) is 0 Å². The molecular formula is C6H11IN2. The second-order valence-electron chi connectivity index (χ2n) is 2.47. The maximum atomic E-state index is 3.29. The van der Waals surface area contributed by atoms with Crippen LogP contribution in [0.4, 0.5) is 0 Å². The summed E-state index contributed by atoms with van der Waals surface area (Å²) in [5, 5.41) is 3.29. The Morgan fingerprint density at radius 1 is 1.78 bits per heavy atom. The monoisotopic (exact) mass is 238 g/mol. The molecule has 0 amide bonds. The number of halogens is 1. The minimum absolute atomic E-state index is 0.629. The minimum atomic E-state index is 0.629. The number of nitrogens with one attached hydrogen (secondary N) is 1. The van der Waals surface area contributed by atoms with E-state index in [1.807, 2.05) is 0 Å². The first-order chi connectivity index (χ1) is 4.20. The predicted molar refractivity (Wildman–Crippen MR) is 46.8 cm³/mol. The standard InChI is InChI=1S/C6H11IN2/c1-5(2)6-3-9(7)4-8-6/h3,5,8H,4H2,1-2H3. The SMILES string of the molecule is CC(C)C1=CN(I)CN1. The van der Waals surface area contributed by atoms with Gasteiger partial charge in [0.15, 0.2) is 0 Å². The van der Waals surface area contributed by atoms with Gasteiger partial charge in [-0.15, -0.1) is 0 Å². The Morgan fingerprint density at radius 3 is 2.67 bits per heavy atom. The van der Waals surface area contributed by atoms with E-state index in [-0.39, 0.29) is 0 Å². The molecular weight excluding hydrogens is 227 g/mol. The zero-order valence-electron chi connectivity index (χ0n) is 5.69. The van der Waals surface area contributed by atoms with Gasteiger partial charge < -0.3 is 8.43 Å². The van der Waals surface area contributed by atoms with Crippen molar-refractivity contribution in [2.75, 3.05) is 6.67 Å². The second kappa shape index (κ2) is 2.77. The van der Waals surface area contributed by atoms with Gasteiger partial charge in [-0.3, -0.25) is 0 Å². The molecule has 0 bridgehead atoms. The van der Waals surface area contributed by atoms with Crippen molar-refractivity contribution < 1.29 is 0 Å². The van der Waals surface area contributed by atoms with Crippen LogP contribution in [0.3, 0.4) is 0 Å². The molecule has 1 aliphatic heterocycles. The maximum Gasteiger partial charge on any atom is 0.0964 e. The van der Waals surface area contributed by atoms with Crippen LogP contribution in [0.1, 0.15) is 13.8 Å². The lowest BCUT2D eigenvalue weighted by molar-refractivity contribution is 0.636. The Labute approximate surface area is 69.8 Å². The molecule has 52 valence electrons. The lowest BCUT2D eigenvalue weighted by Crippen LogP contribution is -2.15. The van der Waals surface area contributed by atoms with E-state index >= 15 is 0 Å². The van der Waals surface area contributed by atoms with Crippen molar-refractivity contribution in [1.29, 1.82) is 0 Å². The summed E-state index contributed by atoms with van der Waals surface area (Å²) in [5.41, 5.74) is 1.34. The third-order valence-corrected chi connectivity index (χ3v) is 1.96. The van der Waals surface area contributed by atoms with Gasteiger partial charge in [0.1, 0.15) is 0 Å². The van der Waals surface area contributed by atoms with E-state index in [2.05, 4.69) is 51.3 Å². The van der Waals surface area contributed by atoms with Crippen molar-refractivity contribution in [3.05, 3.63) is 11.9 Å². The van der Waals surface area contributed by atoms with Gasteiger partial charge in [-0.05, 0) is 5.92 Å². The highest BCUT2D eigenvalue weighted by atomic mass is 127. The van der Waals surface area contributed by atoms with Gasteiger partial charge in [-0.1, -0.05) is 13.8 Å². The van der Waals surface area contributed by atoms with Crippen LogP contribution in [-0.2, 0) is 0 Å². The van der Waals surface area contributed by atoms with Gasteiger partial charge in [0, 0.05) is 11.9 Å². The quantitative estimate of drug-likeness (QED) is 0.552. The summed E-state index contributed by atoms with van der Waals surface area (Å²) in [6, 6.07) is 0. The molecule has 0 unspecified atom stereocenters. The number of allylic oxidation sites excluding steroid dienone is 1. The van der Waals surface area contributed by atoms with E-state index in [9.17, 15) is 0 Å². The fraction of sp³-hybridized carbons (Fsp3) is 0.667. The van der Waals surface area contributed by atoms with Crippen LogP contribution in [0.15, 0.2) is 11.9 Å². The number of rotatable bonds is 1. The van der Waals surface area contributed by atoms with E-state index < -0.39 is 0 Å². The van der Waals surface area contributed by atoms with Crippen LogP contribution in [-0.4, -0.2) is 9.78 Å². The average molecular weight is 238 g/mol. The molecule has 0 saturated carbocycles. The highest BCUT2D eigenvalue weighted by molar-refractivity contribution is 14.1. The van der Waals surface area contributed by atoms with E-state index in [0.29, 0.717) is 5.92 Å². The number of hydrogen-bond acceptors (Lipinski definition) is 2. The third kappa shape index (κ3) is 1.74. The first-order valence-electron chi connectivity index (χ1n) is 3.08. The first-order valence-corrected chi connectivity index (χ1v) is 4.04. The normalized spacial score (nSPS) is 18.2. The summed E-state index contributed by atoms with van der Waals surface area (Å²) in [7, 11) is 0. The van der Waals surface area contributed by atoms with Crippen molar-refractivity contribution in [2.24, 2.45) is 5.92 Å². The Bertz CT molecular complexity index is 131. The summed E-state index contributed by atoms with van der Waals surface area (Å²) < 4.78 is 2.12. The van der Waals surface area contributed by atoms with Gasteiger partial charge in [0.2, 0.25) is 0 Å². The molecule has 1 heterocycles. The van der Waals surface area contributed by atoms with E-state index in [1.54, 1.807) is 0 Å². The molecule has 0 atom stereocenters. The smallest absolute Gasteiger partial charge is 0.0964 e. The van der Waals surface area contributed by atoms with Crippen molar-refractivity contribution >= 4 is 22.9 Å². The van der Waals surface area contributed by atoms with Gasteiger partial charge in [0.25, 0.3) is 0 Å². The van der Waals surface area contributed by atoms with Crippen molar-refractivity contribution in [2.45, 2.75) is 13.8 Å². The van der Waals surface area contributed by atoms with E-state index in [0.717, 1.165) is 6.67 Å². The molecule has 1 N–H and O–H groups in total. The predicted octanol–water partition coefficient (Wildman–Crippen LogP) is 1.70. The number of nitrogens with zero attached hydrogens (tertiary/aromatic N) is 1. The molecule has 2 nitrogen and oxygen atoms in total. The van der Waals surface area contributed by atoms with Crippen LogP contribution >= 0.6 is 22.9 Å². The topological polar surface area (TPSA) is 15.3 Å². The zero-order chi connectivity index (χ0) is 6.85.